The number of benzene rings is 2. The predicted octanol–water partition coefficient (Wildman–Crippen LogP) is 4.36. The number of hydrogen-bond acceptors (Lipinski definition) is 6. The fourth-order valence-electron chi connectivity index (χ4n) is 3.40. The Balaban J connectivity index is 1.60. The number of carboxylic acid groups (broad SMARTS) is 1. The third kappa shape index (κ3) is 5.59. The zero-order valence-electron chi connectivity index (χ0n) is 18.6. The second-order valence-corrected chi connectivity index (χ2v) is 7.96. The van der Waals surface area contributed by atoms with E-state index in [1.807, 2.05) is 12.1 Å². The van der Waals surface area contributed by atoms with E-state index >= 15 is 0 Å². The first-order valence-electron chi connectivity index (χ1n) is 10.7. The van der Waals surface area contributed by atoms with Crippen molar-refractivity contribution < 1.29 is 14.6 Å². The first-order valence-corrected chi connectivity index (χ1v) is 11.1. The molecule has 0 saturated carbocycles. The number of anilines is 2. The highest BCUT2D eigenvalue weighted by Gasteiger charge is 2.12. The number of halogens is 1. The van der Waals surface area contributed by atoms with Crippen LogP contribution in [0.2, 0.25) is 5.02 Å². The molecule has 2 aromatic carbocycles. The van der Waals surface area contributed by atoms with Gasteiger partial charge in [-0.05, 0) is 55.0 Å². The Kier molecular flexibility index (Phi) is 6.98. The summed E-state index contributed by atoms with van der Waals surface area (Å²) in [7, 11) is 0. The first-order chi connectivity index (χ1) is 16.8. The van der Waals surface area contributed by atoms with E-state index in [-0.39, 0.29) is 24.7 Å². The number of carbonyl (C=O) groups is 1. The van der Waals surface area contributed by atoms with E-state index < -0.39 is 17.2 Å². The SMILES string of the molecule is CCn1c(=O)cc(Nc2ccc(Oc3cccc(C(=O)O)n3)cc2)n(Cc2ccc(Cl)cc2)c1=O. The second-order valence-electron chi connectivity index (χ2n) is 7.52. The van der Waals surface area contributed by atoms with Crippen molar-refractivity contribution in [2.45, 2.75) is 20.0 Å². The van der Waals surface area contributed by atoms with E-state index in [9.17, 15) is 14.4 Å². The zero-order valence-corrected chi connectivity index (χ0v) is 19.4. The van der Waals surface area contributed by atoms with Gasteiger partial charge in [0.2, 0.25) is 5.88 Å². The van der Waals surface area contributed by atoms with Gasteiger partial charge in [-0.25, -0.2) is 14.6 Å². The molecule has 2 N–H and O–H groups in total. The Morgan fingerprint density at radius 3 is 2.40 bits per heavy atom. The van der Waals surface area contributed by atoms with E-state index in [1.165, 1.54) is 16.7 Å². The molecule has 0 bridgehead atoms. The average molecular weight is 493 g/mol. The lowest BCUT2D eigenvalue weighted by molar-refractivity contribution is 0.0689. The highest BCUT2D eigenvalue weighted by molar-refractivity contribution is 6.30. The van der Waals surface area contributed by atoms with E-state index in [1.54, 1.807) is 55.5 Å². The Labute approximate surface area is 204 Å². The molecule has 0 amide bonds. The Bertz CT molecular complexity index is 1480. The average Bonchev–Trinajstić information content (AvgIpc) is 2.84. The second kappa shape index (κ2) is 10.3. The summed E-state index contributed by atoms with van der Waals surface area (Å²) in [5.41, 5.74) is 0.503. The summed E-state index contributed by atoms with van der Waals surface area (Å²) in [6.07, 6.45) is 0. The fourth-order valence-corrected chi connectivity index (χ4v) is 3.53. The van der Waals surface area contributed by atoms with Crippen LogP contribution in [0, 0.1) is 0 Å². The number of aromatic carboxylic acids is 1. The molecule has 35 heavy (non-hydrogen) atoms. The van der Waals surface area contributed by atoms with Gasteiger partial charge in [0, 0.05) is 29.4 Å². The summed E-state index contributed by atoms with van der Waals surface area (Å²) in [6.45, 7) is 2.23. The number of carboxylic acids is 1. The number of ether oxygens (including phenoxy) is 1. The van der Waals surface area contributed by atoms with Crippen LogP contribution in [-0.2, 0) is 13.1 Å². The topological polar surface area (TPSA) is 115 Å². The molecule has 2 heterocycles. The molecular weight excluding hydrogens is 472 g/mol. The van der Waals surface area contributed by atoms with Gasteiger partial charge >= 0.3 is 11.7 Å². The summed E-state index contributed by atoms with van der Waals surface area (Å²) in [6, 6.07) is 19.7. The van der Waals surface area contributed by atoms with Crippen molar-refractivity contribution in [1.29, 1.82) is 0 Å². The summed E-state index contributed by atoms with van der Waals surface area (Å²) < 4.78 is 8.28. The lowest BCUT2D eigenvalue weighted by atomic mass is 10.2. The van der Waals surface area contributed by atoms with E-state index in [0.29, 0.717) is 22.3 Å². The quantitative estimate of drug-likeness (QED) is 0.375. The van der Waals surface area contributed by atoms with E-state index in [4.69, 9.17) is 21.4 Å². The van der Waals surface area contributed by atoms with Gasteiger partial charge in [0.05, 0.1) is 6.54 Å². The van der Waals surface area contributed by atoms with Crippen LogP contribution >= 0.6 is 11.6 Å². The van der Waals surface area contributed by atoms with Crippen molar-refractivity contribution in [3.63, 3.8) is 0 Å². The molecule has 0 saturated heterocycles. The van der Waals surface area contributed by atoms with Gasteiger partial charge in [0.1, 0.15) is 11.6 Å². The Hall–Kier alpha value is -4.37. The third-order valence-corrected chi connectivity index (χ3v) is 5.39. The molecule has 10 heteroatoms. The van der Waals surface area contributed by atoms with Gasteiger partial charge in [0.25, 0.3) is 5.56 Å². The van der Waals surface area contributed by atoms with Gasteiger partial charge in [0.15, 0.2) is 5.69 Å². The molecule has 178 valence electrons. The summed E-state index contributed by atoms with van der Waals surface area (Å²) in [4.78, 5) is 40.5. The molecule has 4 rings (SSSR count). The molecule has 0 aliphatic rings. The normalized spacial score (nSPS) is 10.7. The molecular formula is C25H21ClN4O5. The Morgan fingerprint density at radius 1 is 1.03 bits per heavy atom. The summed E-state index contributed by atoms with van der Waals surface area (Å²) >= 11 is 5.97. The van der Waals surface area contributed by atoms with Crippen LogP contribution < -0.4 is 21.3 Å². The van der Waals surface area contributed by atoms with E-state index in [2.05, 4.69) is 10.3 Å². The van der Waals surface area contributed by atoms with Crippen molar-refractivity contribution in [1.82, 2.24) is 14.1 Å². The molecule has 0 radical (unpaired) electrons. The number of pyridine rings is 1. The van der Waals surface area contributed by atoms with Gasteiger partial charge < -0.3 is 15.2 Å². The number of nitrogens with one attached hydrogen (secondary N) is 1. The standard InChI is InChI=1S/C25H21ClN4O5/c1-2-29-23(31)14-21(30(25(29)34)15-16-6-8-17(26)9-7-16)27-18-10-12-19(13-11-18)35-22-5-3-4-20(28-22)24(32)33/h3-14,27H,2,15H2,1H3,(H,32,33). The Morgan fingerprint density at radius 2 is 1.74 bits per heavy atom. The van der Waals surface area contributed by atoms with Crippen LogP contribution in [-0.4, -0.2) is 25.2 Å². The summed E-state index contributed by atoms with van der Waals surface area (Å²) in [5, 5.41) is 12.8. The van der Waals surface area contributed by atoms with E-state index in [0.717, 1.165) is 10.1 Å². The third-order valence-electron chi connectivity index (χ3n) is 5.14. The van der Waals surface area contributed by atoms with Crippen molar-refractivity contribution in [3.8, 4) is 11.6 Å². The highest BCUT2D eigenvalue weighted by atomic mass is 35.5. The number of hydrogen-bond donors (Lipinski definition) is 2. The van der Waals surface area contributed by atoms with Crippen LogP contribution in [0.15, 0.2) is 82.4 Å². The van der Waals surface area contributed by atoms with Gasteiger partial charge in [-0.3, -0.25) is 13.9 Å². The van der Waals surface area contributed by atoms with Gasteiger partial charge in [-0.2, -0.15) is 0 Å². The van der Waals surface area contributed by atoms with Crippen molar-refractivity contribution >= 4 is 29.1 Å². The largest absolute Gasteiger partial charge is 0.477 e. The maximum absolute atomic E-state index is 13.0. The molecule has 0 atom stereocenters. The van der Waals surface area contributed by atoms with Crippen molar-refractivity contribution in [2.75, 3.05) is 5.32 Å². The molecule has 0 fully saturated rings. The first kappa shape index (κ1) is 23.8. The number of aromatic nitrogens is 3. The summed E-state index contributed by atoms with van der Waals surface area (Å²) in [5.74, 6) is -0.232. The van der Waals surface area contributed by atoms with Crippen LogP contribution in [0.3, 0.4) is 0 Å². The highest BCUT2D eigenvalue weighted by Crippen LogP contribution is 2.23. The van der Waals surface area contributed by atoms with Crippen molar-refractivity contribution in [2.24, 2.45) is 0 Å². The zero-order chi connectivity index (χ0) is 24.9. The predicted molar refractivity (Wildman–Crippen MR) is 132 cm³/mol. The molecule has 0 aliphatic heterocycles. The van der Waals surface area contributed by atoms with Gasteiger partial charge in [-0.15, -0.1) is 0 Å². The maximum atomic E-state index is 13.0. The number of nitrogens with zero attached hydrogens (tertiary/aromatic N) is 3. The minimum absolute atomic E-state index is 0.124. The fraction of sp³-hybridized carbons (Fsp3) is 0.120. The minimum Gasteiger partial charge on any atom is -0.477 e. The smallest absolute Gasteiger partial charge is 0.354 e. The van der Waals surface area contributed by atoms with Crippen molar-refractivity contribution in [3.05, 3.63) is 110 Å². The number of rotatable bonds is 8. The van der Waals surface area contributed by atoms with Crippen LogP contribution in [0.4, 0.5) is 11.5 Å². The molecule has 0 aliphatic carbocycles. The molecule has 0 unspecified atom stereocenters. The van der Waals surface area contributed by atoms with Crippen LogP contribution in [0.5, 0.6) is 11.6 Å². The monoisotopic (exact) mass is 492 g/mol. The lowest BCUT2D eigenvalue weighted by Gasteiger charge is -2.16. The van der Waals surface area contributed by atoms with Crippen LogP contribution in [0.1, 0.15) is 23.0 Å². The minimum atomic E-state index is -1.15. The molecule has 0 spiro atoms. The molecule has 2 aromatic heterocycles. The molecule has 9 nitrogen and oxygen atoms in total. The maximum Gasteiger partial charge on any atom is 0.354 e. The van der Waals surface area contributed by atoms with Gasteiger partial charge in [-0.1, -0.05) is 29.8 Å². The molecule has 4 aromatic rings. The van der Waals surface area contributed by atoms with Crippen LogP contribution in [0.25, 0.3) is 0 Å². The lowest BCUT2D eigenvalue weighted by Crippen LogP contribution is -2.40.